The zero-order valence-corrected chi connectivity index (χ0v) is 15.2. The summed E-state index contributed by atoms with van der Waals surface area (Å²) in [6.07, 6.45) is 2.48. The van der Waals surface area contributed by atoms with Crippen molar-refractivity contribution < 1.29 is 14.0 Å². The van der Waals surface area contributed by atoms with E-state index in [-0.39, 0.29) is 17.0 Å². The van der Waals surface area contributed by atoms with Crippen LogP contribution in [0.5, 0.6) is 0 Å². The molecule has 0 N–H and O–H groups in total. The second-order valence-corrected chi connectivity index (χ2v) is 6.97. The molecule has 130 valence electrons. The highest BCUT2D eigenvalue weighted by molar-refractivity contribution is 8.18. The van der Waals surface area contributed by atoms with E-state index in [0.717, 1.165) is 40.8 Å². The number of hydrogen-bond donors (Lipinski definition) is 0. The lowest BCUT2D eigenvalue weighted by atomic mass is 10.2. The van der Waals surface area contributed by atoms with Crippen molar-refractivity contribution in [2.24, 2.45) is 0 Å². The lowest BCUT2D eigenvalue weighted by molar-refractivity contribution is -0.122. The van der Waals surface area contributed by atoms with Crippen molar-refractivity contribution in [2.75, 3.05) is 6.54 Å². The first kappa shape index (κ1) is 17.5. The van der Waals surface area contributed by atoms with Crippen molar-refractivity contribution in [1.29, 1.82) is 0 Å². The number of amides is 2. The van der Waals surface area contributed by atoms with Crippen molar-refractivity contribution in [3.63, 3.8) is 0 Å². The molecule has 0 atom stereocenters. The summed E-state index contributed by atoms with van der Waals surface area (Å²) in [5, 5.41) is -0.225. The maximum atomic E-state index is 13.5. The van der Waals surface area contributed by atoms with E-state index >= 15 is 0 Å². The average molecular weight is 358 g/mol. The van der Waals surface area contributed by atoms with Gasteiger partial charge in [-0.15, -0.1) is 0 Å². The van der Waals surface area contributed by atoms with E-state index in [2.05, 4.69) is 0 Å². The first-order chi connectivity index (χ1) is 11.9. The van der Waals surface area contributed by atoms with E-state index in [9.17, 15) is 14.0 Å². The second kappa shape index (κ2) is 6.88. The molecule has 2 amide bonds. The minimum absolute atomic E-state index is 0.225. The van der Waals surface area contributed by atoms with Crippen LogP contribution in [0.25, 0.3) is 11.8 Å². The van der Waals surface area contributed by atoms with Crippen LogP contribution >= 0.6 is 11.8 Å². The molecule has 6 heteroatoms. The van der Waals surface area contributed by atoms with E-state index in [1.54, 1.807) is 12.1 Å². The summed E-state index contributed by atoms with van der Waals surface area (Å²) in [5.74, 6) is -0.542. The van der Waals surface area contributed by atoms with E-state index < -0.39 is 0 Å². The molecular formula is C19H19FN2O2S. The van der Waals surface area contributed by atoms with Crippen LogP contribution in [0.1, 0.15) is 30.3 Å². The Balaban J connectivity index is 1.99. The topological polar surface area (TPSA) is 42.3 Å². The van der Waals surface area contributed by atoms with E-state index in [1.165, 1.54) is 17.0 Å². The smallest absolute Gasteiger partial charge is 0.293 e. The number of hydrogen-bond acceptors (Lipinski definition) is 3. The van der Waals surface area contributed by atoms with Crippen LogP contribution in [0.4, 0.5) is 9.18 Å². The van der Waals surface area contributed by atoms with E-state index in [4.69, 9.17) is 0 Å². The Labute approximate surface area is 150 Å². The highest BCUT2D eigenvalue weighted by Crippen LogP contribution is 2.33. The molecule has 0 radical (unpaired) electrons. The van der Waals surface area contributed by atoms with Gasteiger partial charge in [-0.05, 0) is 67.9 Å². The predicted octanol–water partition coefficient (Wildman–Crippen LogP) is 4.68. The van der Waals surface area contributed by atoms with Crippen molar-refractivity contribution in [2.45, 2.75) is 27.2 Å². The Morgan fingerprint density at radius 2 is 1.96 bits per heavy atom. The van der Waals surface area contributed by atoms with Gasteiger partial charge in [0.15, 0.2) is 0 Å². The molecule has 25 heavy (non-hydrogen) atoms. The summed E-state index contributed by atoms with van der Waals surface area (Å²) in [7, 11) is 0. The molecule has 4 nitrogen and oxygen atoms in total. The number of benzene rings is 1. The molecule has 2 heterocycles. The minimum Gasteiger partial charge on any atom is -0.318 e. The van der Waals surface area contributed by atoms with Gasteiger partial charge in [-0.1, -0.05) is 13.0 Å². The summed E-state index contributed by atoms with van der Waals surface area (Å²) in [6, 6.07) is 8.32. The van der Waals surface area contributed by atoms with Gasteiger partial charge in [0.2, 0.25) is 0 Å². The molecule has 3 rings (SSSR count). The fourth-order valence-corrected chi connectivity index (χ4v) is 3.86. The molecule has 0 saturated carbocycles. The number of aryl methyl sites for hydroxylation is 1. The summed E-state index contributed by atoms with van der Waals surface area (Å²) in [6.45, 7) is 6.21. The van der Waals surface area contributed by atoms with Crippen LogP contribution in [0.15, 0.2) is 35.2 Å². The fraction of sp³-hybridized carbons (Fsp3) is 0.263. The van der Waals surface area contributed by atoms with Gasteiger partial charge in [0, 0.05) is 23.6 Å². The maximum Gasteiger partial charge on any atom is 0.293 e. The number of nitrogens with zero attached hydrogens (tertiary/aromatic N) is 2. The summed E-state index contributed by atoms with van der Waals surface area (Å²) in [4.78, 5) is 26.1. The van der Waals surface area contributed by atoms with Crippen LogP contribution < -0.4 is 0 Å². The molecule has 1 aromatic carbocycles. The second-order valence-electron chi connectivity index (χ2n) is 5.98. The minimum atomic E-state index is -0.299. The van der Waals surface area contributed by atoms with Crippen molar-refractivity contribution >= 4 is 29.0 Å². The number of carbonyl (C=O) groups excluding carboxylic acids is 2. The van der Waals surface area contributed by atoms with Crippen molar-refractivity contribution in [3.8, 4) is 5.69 Å². The number of carbonyl (C=O) groups is 2. The van der Waals surface area contributed by atoms with E-state index in [0.29, 0.717) is 11.4 Å². The molecule has 0 spiro atoms. The van der Waals surface area contributed by atoms with Gasteiger partial charge in [-0.25, -0.2) is 4.39 Å². The maximum absolute atomic E-state index is 13.5. The van der Waals surface area contributed by atoms with Gasteiger partial charge < -0.3 is 4.57 Å². The molecule has 0 unspecified atom stereocenters. The Bertz CT molecular complexity index is 886. The fourth-order valence-electron chi connectivity index (χ4n) is 3.00. The number of rotatable bonds is 4. The third-order valence-corrected chi connectivity index (χ3v) is 5.05. The lowest BCUT2D eigenvalue weighted by Crippen LogP contribution is -2.28. The molecule has 1 aliphatic heterocycles. The van der Waals surface area contributed by atoms with Crippen molar-refractivity contribution in [1.82, 2.24) is 9.47 Å². The predicted molar refractivity (Wildman–Crippen MR) is 98.2 cm³/mol. The molecule has 0 bridgehead atoms. The molecular weight excluding hydrogens is 339 g/mol. The zero-order chi connectivity index (χ0) is 18.1. The van der Waals surface area contributed by atoms with Crippen LogP contribution in [0, 0.1) is 19.7 Å². The highest BCUT2D eigenvalue weighted by atomic mass is 32.2. The zero-order valence-electron chi connectivity index (χ0n) is 14.4. The van der Waals surface area contributed by atoms with Crippen LogP contribution in [-0.4, -0.2) is 27.2 Å². The normalized spacial score (nSPS) is 16.3. The first-order valence-corrected chi connectivity index (χ1v) is 8.94. The molecule has 0 aliphatic carbocycles. The third kappa shape index (κ3) is 3.26. The van der Waals surface area contributed by atoms with Gasteiger partial charge in [0.05, 0.1) is 4.91 Å². The molecule has 1 saturated heterocycles. The number of aromatic nitrogens is 1. The van der Waals surface area contributed by atoms with Crippen molar-refractivity contribution in [3.05, 3.63) is 58.0 Å². The molecule has 1 aliphatic rings. The van der Waals surface area contributed by atoms with Crippen LogP contribution in [0.3, 0.4) is 0 Å². The standard InChI is InChI=1S/C19H19FN2O2S/c1-4-8-21-18(23)17(25-19(21)24)10-14-9-12(2)22(13(14)3)16-7-5-6-15(20)11-16/h5-7,9-11H,4,8H2,1-3H3/b17-10+. The Morgan fingerprint density at radius 3 is 2.64 bits per heavy atom. The molecule has 2 aromatic rings. The summed E-state index contributed by atoms with van der Waals surface area (Å²) >= 11 is 0.968. The molecule has 1 fully saturated rings. The lowest BCUT2D eigenvalue weighted by Gasteiger charge is -2.10. The number of halogens is 1. The monoisotopic (exact) mass is 358 g/mol. The summed E-state index contributed by atoms with van der Waals surface area (Å²) in [5.41, 5.74) is 3.41. The summed E-state index contributed by atoms with van der Waals surface area (Å²) < 4.78 is 15.5. The Hall–Kier alpha value is -2.34. The van der Waals surface area contributed by atoms with E-state index in [1.807, 2.05) is 37.5 Å². The average Bonchev–Trinajstić information content (AvgIpc) is 2.98. The number of imide groups is 1. The van der Waals surface area contributed by atoms with Gasteiger partial charge in [0.25, 0.3) is 11.1 Å². The van der Waals surface area contributed by atoms with Crippen LogP contribution in [-0.2, 0) is 4.79 Å². The highest BCUT2D eigenvalue weighted by Gasteiger charge is 2.34. The quantitative estimate of drug-likeness (QED) is 0.745. The third-order valence-electron chi connectivity index (χ3n) is 4.14. The van der Waals surface area contributed by atoms with Gasteiger partial charge >= 0.3 is 0 Å². The van der Waals surface area contributed by atoms with Gasteiger partial charge in [-0.3, -0.25) is 14.5 Å². The van der Waals surface area contributed by atoms with Crippen LogP contribution in [0.2, 0.25) is 0 Å². The Kier molecular flexibility index (Phi) is 4.81. The Morgan fingerprint density at radius 1 is 1.20 bits per heavy atom. The molecule has 1 aromatic heterocycles. The van der Waals surface area contributed by atoms with Gasteiger partial charge in [0.1, 0.15) is 5.82 Å². The number of thioether (sulfide) groups is 1. The first-order valence-electron chi connectivity index (χ1n) is 8.12. The SMILES string of the molecule is CCCN1C(=O)S/C(=C/c2cc(C)n(-c3cccc(F)c3)c2C)C1=O. The van der Waals surface area contributed by atoms with Gasteiger partial charge in [-0.2, -0.15) is 0 Å². The largest absolute Gasteiger partial charge is 0.318 e.